The monoisotopic (exact) mass is 329 g/mol. The van der Waals surface area contributed by atoms with E-state index in [1.807, 2.05) is 4.72 Å². The number of hydrogen-bond acceptors (Lipinski definition) is 8. The molecule has 12 heteroatoms. The molecular weight excluding hydrogens is 318 g/mol. The Hall–Kier alpha value is -1.24. The summed E-state index contributed by atoms with van der Waals surface area (Å²) < 4.78 is 46.9. The van der Waals surface area contributed by atoms with Crippen LogP contribution in [0.3, 0.4) is 0 Å². The van der Waals surface area contributed by atoms with Gasteiger partial charge >= 0.3 is 5.69 Å². The molecule has 0 unspecified atom stereocenters. The van der Waals surface area contributed by atoms with Crippen molar-refractivity contribution in [3.8, 4) is 0 Å². The molecule has 9 nitrogen and oxygen atoms in total. The van der Waals surface area contributed by atoms with E-state index in [-0.39, 0.29) is 21.5 Å². The second-order valence-electron chi connectivity index (χ2n) is 3.60. The Morgan fingerprint density at radius 3 is 2.42 bits per heavy atom. The highest BCUT2D eigenvalue weighted by atomic mass is 32.2. The van der Waals surface area contributed by atoms with Gasteiger partial charge in [-0.05, 0) is 0 Å². The van der Waals surface area contributed by atoms with Crippen LogP contribution in [-0.2, 0) is 19.9 Å². The van der Waals surface area contributed by atoms with Crippen molar-refractivity contribution in [1.82, 2.24) is 4.72 Å². The zero-order valence-electron chi connectivity index (χ0n) is 9.69. The third-order valence-corrected chi connectivity index (χ3v) is 5.78. The van der Waals surface area contributed by atoms with Gasteiger partial charge in [-0.2, -0.15) is 0 Å². The lowest BCUT2D eigenvalue weighted by atomic mass is 10.5. The summed E-state index contributed by atoms with van der Waals surface area (Å²) in [5.74, 6) is -0.366. The number of sulfonamides is 1. The van der Waals surface area contributed by atoms with Crippen LogP contribution in [0.4, 0.5) is 10.7 Å². The van der Waals surface area contributed by atoms with E-state index < -0.39 is 30.5 Å². The lowest BCUT2D eigenvalue weighted by molar-refractivity contribution is -0.383. The van der Waals surface area contributed by atoms with Crippen molar-refractivity contribution >= 4 is 41.9 Å². The van der Waals surface area contributed by atoms with Gasteiger partial charge in [0.2, 0.25) is 10.0 Å². The average Bonchev–Trinajstić information content (AvgIpc) is 2.58. The number of nitro groups is 1. The molecule has 0 saturated heterocycles. The van der Waals surface area contributed by atoms with Crippen LogP contribution < -0.4 is 10.5 Å². The fourth-order valence-electron chi connectivity index (χ4n) is 1.08. The largest absolute Gasteiger partial charge is 0.385 e. The highest BCUT2D eigenvalue weighted by Gasteiger charge is 2.24. The van der Waals surface area contributed by atoms with Crippen LogP contribution in [0.15, 0.2) is 10.3 Å². The Morgan fingerprint density at radius 1 is 1.42 bits per heavy atom. The molecule has 1 aromatic heterocycles. The fourth-order valence-corrected chi connectivity index (χ4v) is 3.97. The molecule has 0 amide bonds. The predicted molar refractivity (Wildman–Crippen MR) is 70.3 cm³/mol. The molecule has 0 saturated carbocycles. The predicted octanol–water partition coefficient (Wildman–Crippen LogP) is -0.439. The molecule has 0 radical (unpaired) electrons. The quantitative estimate of drug-likeness (QED) is 0.530. The van der Waals surface area contributed by atoms with E-state index in [1.54, 1.807) is 0 Å². The molecule has 0 atom stereocenters. The van der Waals surface area contributed by atoms with Crippen molar-refractivity contribution in [1.29, 1.82) is 0 Å². The van der Waals surface area contributed by atoms with Crippen LogP contribution in [-0.4, -0.2) is 40.3 Å². The number of nitrogens with two attached hydrogens (primary N) is 1. The number of thiophene rings is 1. The molecule has 0 bridgehead atoms. The van der Waals surface area contributed by atoms with Crippen LogP contribution >= 0.6 is 11.3 Å². The zero-order valence-corrected chi connectivity index (χ0v) is 12.1. The third-order valence-electron chi connectivity index (χ3n) is 1.94. The minimum absolute atomic E-state index is 0.228. The van der Waals surface area contributed by atoms with Crippen LogP contribution in [0.25, 0.3) is 0 Å². The van der Waals surface area contributed by atoms with Gasteiger partial charge < -0.3 is 5.73 Å². The second kappa shape index (κ2) is 5.40. The van der Waals surface area contributed by atoms with Gasteiger partial charge in [0, 0.05) is 18.9 Å². The first-order valence-electron chi connectivity index (χ1n) is 4.74. The summed E-state index contributed by atoms with van der Waals surface area (Å²) in [6.45, 7) is -0.313. The van der Waals surface area contributed by atoms with E-state index >= 15 is 0 Å². The number of anilines is 1. The van der Waals surface area contributed by atoms with Crippen LogP contribution in [0.5, 0.6) is 0 Å². The molecule has 0 fully saturated rings. The van der Waals surface area contributed by atoms with E-state index in [1.165, 1.54) is 0 Å². The molecule has 0 aromatic carbocycles. The van der Waals surface area contributed by atoms with Crippen molar-refractivity contribution in [2.75, 3.05) is 24.3 Å². The fraction of sp³-hybridized carbons (Fsp3) is 0.429. The molecule has 0 spiro atoms. The van der Waals surface area contributed by atoms with Gasteiger partial charge in [-0.15, -0.1) is 0 Å². The normalized spacial score (nSPS) is 12.5. The Labute approximate surface area is 113 Å². The summed E-state index contributed by atoms with van der Waals surface area (Å²) >= 11 is 0.544. The summed E-state index contributed by atoms with van der Waals surface area (Å²) in [5, 5.41) is 10.3. The van der Waals surface area contributed by atoms with Crippen LogP contribution in [0, 0.1) is 10.1 Å². The number of nitrogen functional groups attached to an aromatic ring is 1. The molecule has 0 aliphatic carbocycles. The number of nitrogens with one attached hydrogen (secondary N) is 1. The number of hydrogen-bond donors (Lipinski definition) is 2. The molecular formula is C7H11N3O6S3. The van der Waals surface area contributed by atoms with Gasteiger partial charge in [0.15, 0.2) is 5.00 Å². The Morgan fingerprint density at radius 2 is 2.00 bits per heavy atom. The van der Waals surface area contributed by atoms with Gasteiger partial charge in [0.25, 0.3) is 0 Å². The Kier molecular flexibility index (Phi) is 4.50. The minimum Gasteiger partial charge on any atom is -0.385 e. The van der Waals surface area contributed by atoms with Gasteiger partial charge in [-0.3, -0.25) is 10.1 Å². The summed E-state index contributed by atoms with van der Waals surface area (Å²) in [5.41, 5.74) is 4.83. The lowest BCUT2D eigenvalue weighted by Crippen LogP contribution is -2.28. The van der Waals surface area contributed by atoms with Crippen molar-refractivity contribution in [2.24, 2.45) is 0 Å². The van der Waals surface area contributed by atoms with Gasteiger partial charge in [0.1, 0.15) is 14.0 Å². The maximum Gasteiger partial charge on any atom is 0.304 e. The summed E-state index contributed by atoms with van der Waals surface area (Å²) in [7, 11) is -7.30. The molecule has 1 rings (SSSR count). The van der Waals surface area contributed by atoms with Crippen LogP contribution in [0.1, 0.15) is 0 Å². The average molecular weight is 329 g/mol. The first kappa shape index (κ1) is 15.8. The smallest absolute Gasteiger partial charge is 0.304 e. The Balaban J connectivity index is 2.89. The summed E-state index contributed by atoms with van der Waals surface area (Å²) in [4.78, 5) is 9.75. The molecule has 0 aliphatic rings. The molecule has 108 valence electrons. The Bertz CT molecular complexity index is 690. The molecule has 1 heterocycles. The first-order valence-corrected chi connectivity index (χ1v) is 9.10. The van der Waals surface area contributed by atoms with Crippen molar-refractivity contribution in [3.63, 3.8) is 0 Å². The molecule has 19 heavy (non-hydrogen) atoms. The third kappa shape index (κ3) is 4.41. The highest BCUT2D eigenvalue weighted by Crippen LogP contribution is 2.34. The summed E-state index contributed by atoms with van der Waals surface area (Å²) in [6, 6.07) is 0.836. The van der Waals surface area contributed by atoms with Crippen molar-refractivity contribution < 1.29 is 21.8 Å². The highest BCUT2D eigenvalue weighted by molar-refractivity contribution is 7.92. The second-order valence-corrected chi connectivity index (χ2v) is 8.94. The zero-order chi connectivity index (χ0) is 14.8. The molecule has 1 aromatic rings. The van der Waals surface area contributed by atoms with E-state index in [4.69, 9.17) is 5.73 Å². The van der Waals surface area contributed by atoms with Gasteiger partial charge in [0.05, 0.1) is 10.7 Å². The SMILES string of the molecule is CS(=O)(=O)CCNS(=O)(=O)c1cc([N+](=O)[O-])c(N)s1. The lowest BCUT2D eigenvalue weighted by Gasteiger charge is -2.02. The minimum atomic E-state index is -4.00. The van der Waals surface area contributed by atoms with E-state index in [2.05, 4.69) is 0 Å². The number of rotatable bonds is 6. The molecule has 0 aliphatic heterocycles. The maximum absolute atomic E-state index is 11.7. The van der Waals surface area contributed by atoms with Gasteiger partial charge in [-0.1, -0.05) is 11.3 Å². The number of sulfone groups is 1. The van der Waals surface area contributed by atoms with E-state index in [0.717, 1.165) is 12.3 Å². The van der Waals surface area contributed by atoms with E-state index in [9.17, 15) is 26.9 Å². The first-order chi connectivity index (χ1) is 8.53. The van der Waals surface area contributed by atoms with Crippen LogP contribution in [0.2, 0.25) is 0 Å². The van der Waals surface area contributed by atoms with Crippen molar-refractivity contribution in [2.45, 2.75) is 4.21 Å². The van der Waals surface area contributed by atoms with Crippen molar-refractivity contribution in [3.05, 3.63) is 16.2 Å². The van der Waals surface area contributed by atoms with Gasteiger partial charge in [-0.25, -0.2) is 21.6 Å². The topological polar surface area (TPSA) is 149 Å². The maximum atomic E-state index is 11.7. The standard InChI is InChI=1S/C7H11N3O6S3/c1-18(13,14)3-2-9-19(15,16)6-4-5(10(11)12)7(8)17-6/h4,9H,2-3,8H2,1H3. The number of nitrogens with zero attached hydrogens (tertiary/aromatic N) is 1. The summed E-state index contributed by atoms with van der Waals surface area (Å²) in [6.07, 6.45) is 0.968. The molecule has 3 N–H and O–H groups in total. The van der Waals surface area contributed by atoms with E-state index in [0.29, 0.717) is 11.3 Å².